The van der Waals surface area contributed by atoms with Crippen LogP contribution in [0, 0.1) is 12.3 Å². The van der Waals surface area contributed by atoms with Crippen LogP contribution in [0.5, 0.6) is 5.88 Å². The van der Waals surface area contributed by atoms with E-state index in [4.69, 9.17) is 25.8 Å². The van der Waals surface area contributed by atoms with Crippen molar-refractivity contribution < 1.29 is 17.3 Å². The number of hydrogen-bond donors (Lipinski definition) is 4. The molecular formula is C16H21N5O4S. The van der Waals surface area contributed by atoms with E-state index >= 15 is 0 Å². The molecule has 2 unspecified atom stereocenters. The average molecular weight is 379 g/mol. The van der Waals surface area contributed by atoms with Crippen LogP contribution in [0.1, 0.15) is 5.56 Å². The molecule has 0 aliphatic rings. The molecule has 1 aromatic carbocycles. The van der Waals surface area contributed by atoms with Crippen molar-refractivity contribution in [2.24, 2.45) is 11.5 Å². The van der Waals surface area contributed by atoms with Crippen molar-refractivity contribution in [1.82, 2.24) is 4.98 Å². The molecule has 0 spiro atoms. The highest BCUT2D eigenvalue weighted by molar-refractivity contribution is 7.86. The number of nitrogens with two attached hydrogens (primary N) is 2. The number of nitrogens with zero attached hydrogens (tertiary/aromatic N) is 1. The fourth-order valence-corrected chi connectivity index (χ4v) is 3.13. The van der Waals surface area contributed by atoms with Crippen LogP contribution in [0.15, 0.2) is 47.4 Å². The van der Waals surface area contributed by atoms with E-state index in [0.717, 1.165) is 5.56 Å². The standard InChI is InChI=1S/C16H21N5O4S/c1-10-6-8-11(9-7-10)26(22,23)25-14(15(17)18)16(19)21-12-4-3-5-13(20-12)24-2/h3-9,14,16H,19H2,1-2H3,(H3,17,18)(H,20,21). The lowest BCUT2D eigenvalue weighted by atomic mass is 10.2. The molecule has 0 amide bonds. The highest BCUT2D eigenvalue weighted by atomic mass is 32.2. The minimum atomic E-state index is -4.16. The van der Waals surface area contributed by atoms with Gasteiger partial charge in [-0.05, 0) is 25.1 Å². The summed E-state index contributed by atoms with van der Waals surface area (Å²) in [6.07, 6.45) is -2.55. The van der Waals surface area contributed by atoms with Crippen LogP contribution in [-0.2, 0) is 14.3 Å². The maximum atomic E-state index is 12.4. The Kier molecular flexibility index (Phi) is 6.14. The van der Waals surface area contributed by atoms with E-state index in [1.165, 1.54) is 19.2 Å². The van der Waals surface area contributed by atoms with Crippen LogP contribution in [0.3, 0.4) is 0 Å². The lowest BCUT2D eigenvalue weighted by molar-refractivity contribution is 0.248. The van der Waals surface area contributed by atoms with E-state index < -0.39 is 28.2 Å². The van der Waals surface area contributed by atoms with E-state index in [1.807, 2.05) is 6.92 Å². The zero-order valence-electron chi connectivity index (χ0n) is 14.3. The van der Waals surface area contributed by atoms with Crippen LogP contribution in [0.25, 0.3) is 0 Å². The summed E-state index contributed by atoms with van der Waals surface area (Å²) < 4.78 is 34.9. The first kappa shape index (κ1) is 19.6. The number of ether oxygens (including phenoxy) is 1. The highest BCUT2D eigenvalue weighted by Crippen LogP contribution is 2.17. The Bertz CT molecular complexity index is 870. The number of aryl methyl sites for hydroxylation is 1. The largest absolute Gasteiger partial charge is 0.481 e. The number of anilines is 1. The first-order valence-corrected chi connectivity index (χ1v) is 9.01. The van der Waals surface area contributed by atoms with Crippen LogP contribution in [0.2, 0.25) is 0 Å². The molecule has 2 atom stereocenters. The summed E-state index contributed by atoms with van der Waals surface area (Å²) in [5.74, 6) is 0.123. The highest BCUT2D eigenvalue weighted by Gasteiger charge is 2.29. The van der Waals surface area contributed by atoms with Gasteiger partial charge in [0.2, 0.25) is 5.88 Å². The number of hydrogen-bond acceptors (Lipinski definition) is 8. The summed E-state index contributed by atoms with van der Waals surface area (Å²) in [4.78, 5) is 4.05. The van der Waals surface area contributed by atoms with E-state index in [2.05, 4.69) is 10.3 Å². The summed E-state index contributed by atoms with van der Waals surface area (Å²) >= 11 is 0. The molecule has 2 aromatic rings. The van der Waals surface area contributed by atoms with E-state index in [9.17, 15) is 8.42 Å². The van der Waals surface area contributed by atoms with E-state index in [0.29, 0.717) is 11.7 Å². The molecule has 10 heteroatoms. The molecule has 140 valence electrons. The molecule has 0 bridgehead atoms. The summed E-state index contributed by atoms with van der Waals surface area (Å²) in [5, 5.41) is 10.4. The van der Waals surface area contributed by atoms with Gasteiger partial charge in [0.1, 0.15) is 17.8 Å². The number of amidine groups is 1. The van der Waals surface area contributed by atoms with Gasteiger partial charge in [-0.3, -0.25) is 9.59 Å². The monoisotopic (exact) mass is 379 g/mol. The Hall–Kier alpha value is -2.69. The molecule has 9 nitrogen and oxygen atoms in total. The Morgan fingerprint density at radius 1 is 1.23 bits per heavy atom. The smallest absolute Gasteiger partial charge is 0.297 e. The Morgan fingerprint density at radius 2 is 1.88 bits per heavy atom. The molecule has 0 aliphatic heterocycles. The Balaban J connectivity index is 2.19. The maximum Gasteiger partial charge on any atom is 0.297 e. The predicted octanol–water partition coefficient (Wildman–Crippen LogP) is 0.805. The third-order valence-corrected chi connectivity index (χ3v) is 4.73. The van der Waals surface area contributed by atoms with Gasteiger partial charge in [0.05, 0.1) is 12.0 Å². The van der Waals surface area contributed by atoms with Crippen molar-refractivity contribution in [3.8, 4) is 5.88 Å². The van der Waals surface area contributed by atoms with Crippen molar-refractivity contribution in [1.29, 1.82) is 5.41 Å². The van der Waals surface area contributed by atoms with Gasteiger partial charge in [0, 0.05) is 6.07 Å². The minimum absolute atomic E-state index is 0.0546. The van der Waals surface area contributed by atoms with Crippen molar-refractivity contribution in [3.05, 3.63) is 48.0 Å². The number of rotatable bonds is 8. The topological polar surface area (TPSA) is 153 Å². The minimum Gasteiger partial charge on any atom is -0.481 e. The summed E-state index contributed by atoms with van der Waals surface area (Å²) in [7, 11) is -2.70. The van der Waals surface area contributed by atoms with Gasteiger partial charge in [0.15, 0.2) is 6.10 Å². The summed E-state index contributed by atoms with van der Waals surface area (Å²) in [6.45, 7) is 1.83. The first-order valence-electron chi connectivity index (χ1n) is 7.60. The van der Waals surface area contributed by atoms with Gasteiger partial charge >= 0.3 is 0 Å². The zero-order chi connectivity index (χ0) is 19.3. The second-order valence-electron chi connectivity index (χ2n) is 5.47. The Morgan fingerprint density at radius 3 is 2.46 bits per heavy atom. The molecule has 0 fully saturated rings. The van der Waals surface area contributed by atoms with Crippen molar-refractivity contribution >= 4 is 21.8 Å². The van der Waals surface area contributed by atoms with Crippen LogP contribution in [-0.4, -0.2) is 38.6 Å². The summed E-state index contributed by atoms with van der Waals surface area (Å²) in [5.41, 5.74) is 12.3. The quantitative estimate of drug-likeness (QED) is 0.227. The van der Waals surface area contributed by atoms with Crippen LogP contribution in [0.4, 0.5) is 5.82 Å². The van der Waals surface area contributed by atoms with E-state index in [1.54, 1.807) is 30.3 Å². The van der Waals surface area contributed by atoms with Crippen molar-refractivity contribution in [2.45, 2.75) is 24.1 Å². The lowest BCUT2D eigenvalue weighted by Gasteiger charge is -2.24. The second-order valence-corrected chi connectivity index (χ2v) is 7.05. The number of pyridine rings is 1. The number of benzene rings is 1. The molecule has 2 rings (SSSR count). The van der Waals surface area contributed by atoms with Crippen LogP contribution >= 0.6 is 0 Å². The molecule has 0 aliphatic carbocycles. The molecule has 0 saturated heterocycles. The molecule has 26 heavy (non-hydrogen) atoms. The fourth-order valence-electron chi connectivity index (χ4n) is 2.06. The van der Waals surface area contributed by atoms with Gasteiger partial charge in [-0.15, -0.1) is 0 Å². The molecular weight excluding hydrogens is 358 g/mol. The van der Waals surface area contributed by atoms with Gasteiger partial charge in [-0.2, -0.15) is 13.4 Å². The Labute approximate surface area is 152 Å². The number of nitrogens with one attached hydrogen (secondary N) is 2. The molecule has 0 saturated carbocycles. The van der Waals surface area contributed by atoms with Crippen molar-refractivity contribution in [3.63, 3.8) is 0 Å². The van der Waals surface area contributed by atoms with Gasteiger partial charge < -0.3 is 21.5 Å². The van der Waals surface area contributed by atoms with Gasteiger partial charge in [0.25, 0.3) is 10.1 Å². The third kappa shape index (κ3) is 4.91. The maximum absolute atomic E-state index is 12.4. The van der Waals surface area contributed by atoms with Gasteiger partial charge in [-0.25, -0.2) is 0 Å². The third-order valence-electron chi connectivity index (χ3n) is 3.42. The fraction of sp³-hybridized carbons (Fsp3) is 0.250. The average Bonchev–Trinajstić information content (AvgIpc) is 2.60. The molecule has 1 heterocycles. The zero-order valence-corrected chi connectivity index (χ0v) is 15.2. The van der Waals surface area contributed by atoms with Gasteiger partial charge in [-0.1, -0.05) is 23.8 Å². The SMILES string of the molecule is COc1cccc(NC(N)C(OS(=O)(=O)c2ccc(C)cc2)C(=N)N)n1. The number of methoxy groups -OCH3 is 1. The predicted molar refractivity (Wildman–Crippen MR) is 97.5 cm³/mol. The molecule has 6 N–H and O–H groups in total. The number of aromatic nitrogens is 1. The normalized spacial score (nSPS) is 13.7. The molecule has 1 aromatic heterocycles. The summed E-state index contributed by atoms with van der Waals surface area (Å²) in [6, 6.07) is 11.0. The van der Waals surface area contributed by atoms with Crippen molar-refractivity contribution in [2.75, 3.05) is 12.4 Å². The van der Waals surface area contributed by atoms with E-state index in [-0.39, 0.29) is 4.90 Å². The lowest BCUT2D eigenvalue weighted by Crippen LogP contribution is -2.51. The second kappa shape index (κ2) is 8.13. The molecule has 0 radical (unpaired) electrons. The first-order chi connectivity index (χ1) is 12.2. The van der Waals surface area contributed by atoms with Crippen LogP contribution < -0.4 is 21.5 Å².